The number of likely N-dealkylation sites (tertiary alicyclic amines) is 1. The summed E-state index contributed by atoms with van der Waals surface area (Å²) in [6.07, 6.45) is 1.78. The molecule has 0 spiro atoms. The quantitative estimate of drug-likeness (QED) is 0.897. The fourth-order valence-electron chi connectivity index (χ4n) is 3.24. The highest BCUT2D eigenvalue weighted by molar-refractivity contribution is 5.75. The highest BCUT2D eigenvalue weighted by Crippen LogP contribution is 2.38. The smallest absolute Gasteiger partial charge is 0.311 e. The number of carboxylic acids is 1. The molecule has 3 nitrogen and oxygen atoms in total. The van der Waals surface area contributed by atoms with Crippen molar-refractivity contribution in [2.45, 2.75) is 40.2 Å². The van der Waals surface area contributed by atoms with E-state index < -0.39 is 11.4 Å². The van der Waals surface area contributed by atoms with Crippen molar-refractivity contribution in [2.75, 3.05) is 13.1 Å². The fraction of sp³-hybridized carbons (Fsp3) is 0.588. The molecule has 1 aromatic carbocycles. The van der Waals surface area contributed by atoms with Crippen LogP contribution in [0.4, 0.5) is 0 Å². The predicted octanol–water partition coefficient (Wildman–Crippen LogP) is 3.18. The second-order valence-electron chi connectivity index (χ2n) is 6.20. The van der Waals surface area contributed by atoms with Crippen molar-refractivity contribution < 1.29 is 9.90 Å². The van der Waals surface area contributed by atoms with Gasteiger partial charge in [0.05, 0.1) is 5.41 Å². The van der Waals surface area contributed by atoms with Gasteiger partial charge in [-0.3, -0.25) is 9.69 Å². The van der Waals surface area contributed by atoms with Gasteiger partial charge in [-0.15, -0.1) is 0 Å². The predicted molar refractivity (Wildman–Crippen MR) is 80.6 cm³/mol. The van der Waals surface area contributed by atoms with E-state index in [2.05, 4.69) is 36.1 Å². The molecule has 1 aliphatic rings. The Bertz CT molecular complexity index is 484. The summed E-state index contributed by atoms with van der Waals surface area (Å²) in [6, 6.07) is 8.46. The first-order chi connectivity index (χ1) is 9.49. The van der Waals surface area contributed by atoms with Crippen LogP contribution in [0.25, 0.3) is 0 Å². The van der Waals surface area contributed by atoms with Crippen LogP contribution in [-0.4, -0.2) is 29.1 Å². The van der Waals surface area contributed by atoms with Gasteiger partial charge < -0.3 is 5.11 Å². The summed E-state index contributed by atoms with van der Waals surface area (Å²) < 4.78 is 0. The van der Waals surface area contributed by atoms with Crippen LogP contribution in [0.5, 0.6) is 0 Å². The van der Waals surface area contributed by atoms with Crippen molar-refractivity contribution in [2.24, 2.45) is 11.3 Å². The summed E-state index contributed by atoms with van der Waals surface area (Å²) in [5, 5.41) is 9.59. The molecule has 0 radical (unpaired) electrons. The largest absolute Gasteiger partial charge is 0.481 e. The Morgan fingerprint density at radius 3 is 2.50 bits per heavy atom. The molecular weight excluding hydrogens is 250 g/mol. The zero-order valence-electron chi connectivity index (χ0n) is 12.7. The van der Waals surface area contributed by atoms with Gasteiger partial charge in [-0.1, -0.05) is 45.0 Å². The molecule has 1 fully saturated rings. The molecule has 1 unspecified atom stereocenters. The number of hydrogen-bond acceptors (Lipinski definition) is 2. The van der Waals surface area contributed by atoms with Gasteiger partial charge in [-0.05, 0) is 36.4 Å². The van der Waals surface area contributed by atoms with Gasteiger partial charge in [0.15, 0.2) is 0 Å². The van der Waals surface area contributed by atoms with Gasteiger partial charge >= 0.3 is 5.97 Å². The van der Waals surface area contributed by atoms with Crippen LogP contribution in [0.15, 0.2) is 24.3 Å². The first-order valence-corrected chi connectivity index (χ1v) is 7.52. The number of carboxylic acid groups (broad SMARTS) is 1. The second kappa shape index (κ2) is 5.96. The molecule has 1 N–H and O–H groups in total. The van der Waals surface area contributed by atoms with Crippen molar-refractivity contribution in [3.8, 4) is 0 Å². The molecule has 110 valence electrons. The lowest BCUT2D eigenvalue weighted by atomic mass is 9.76. The fourth-order valence-corrected chi connectivity index (χ4v) is 3.24. The van der Waals surface area contributed by atoms with E-state index in [-0.39, 0.29) is 5.92 Å². The third kappa shape index (κ3) is 2.73. The summed E-state index contributed by atoms with van der Waals surface area (Å²) in [6.45, 7) is 8.63. The standard InChI is InChI=1S/C17H25NO2/c1-4-14-7-5-6-8-15(14)11-18-10-9-17(12-18,13(2)3)16(19)20/h5-8,13H,4,9-12H2,1-3H3,(H,19,20). The van der Waals surface area contributed by atoms with E-state index in [4.69, 9.17) is 0 Å². The average molecular weight is 275 g/mol. The monoisotopic (exact) mass is 275 g/mol. The van der Waals surface area contributed by atoms with E-state index >= 15 is 0 Å². The molecule has 0 bridgehead atoms. The lowest BCUT2D eigenvalue weighted by Crippen LogP contribution is -2.39. The van der Waals surface area contributed by atoms with Gasteiger partial charge in [-0.2, -0.15) is 0 Å². The Morgan fingerprint density at radius 1 is 1.35 bits per heavy atom. The van der Waals surface area contributed by atoms with Gasteiger partial charge in [-0.25, -0.2) is 0 Å². The number of rotatable bonds is 5. The normalized spacial score (nSPS) is 23.4. The lowest BCUT2D eigenvalue weighted by Gasteiger charge is -2.29. The van der Waals surface area contributed by atoms with E-state index in [1.54, 1.807) is 0 Å². The molecule has 2 rings (SSSR count). The van der Waals surface area contributed by atoms with Crippen LogP contribution in [0.2, 0.25) is 0 Å². The van der Waals surface area contributed by atoms with Gasteiger partial charge in [0, 0.05) is 13.1 Å². The molecule has 1 saturated heterocycles. The maximum absolute atomic E-state index is 11.7. The zero-order valence-corrected chi connectivity index (χ0v) is 12.7. The van der Waals surface area contributed by atoms with Gasteiger partial charge in [0.1, 0.15) is 0 Å². The minimum atomic E-state index is -0.640. The third-order valence-electron chi connectivity index (χ3n) is 4.80. The minimum absolute atomic E-state index is 0.173. The number of hydrogen-bond donors (Lipinski definition) is 1. The maximum atomic E-state index is 11.7. The first kappa shape index (κ1) is 15.0. The van der Waals surface area contributed by atoms with Crippen LogP contribution in [0.3, 0.4) is 0 Å². The van der Waals surface area contributed by atoms with E-state index in [1.165, 1.54) is 11.1 Å². The van der Waals surface area contributed by atoms with Crippen molar-refractivity contribution in [1.29, 1.82) is 0 Å². The van der Waals surface area contributed by atoms with Crippen LogP contribution in [0.1, 0.15) is 38.3 Å². The zero-order chi connectivity index (χ0) is 14.8. The third-order valence-corrected chi connectivity index (χ3v) is 4.80. The van der Waals surface area contributed by atoms with Crippen LogP contribution >= 0.6 is 0 Å². The van der Waals surface area contributed by atoms with E-state index in [1.807, 2.05) is 13.8 Å². The number of benzene rings is 1. The van der Waals surface area contributed by atoms with E-state index in [0.717, 1.165) is 25.9 Å². The van der Waals surface area contributed by atoms with Crippen molar-refractivity contribution >= 4 is 5.97 Å². The molecular formula is C17H25NO2. The Kier molecular flexibility index (Phi) is 4.48. The number of nitrogens with zero attached hydrogens (tertiary/aromatic N) is 1. The summed E-state index contributed by atoms with van der Waals surface area (Å²) in [4.78, 5) is 14.0. The molecule has 3 heteroatoms. The van der Waals surface area contributed by atoms with Crippen molar-refractivity contribution in [3.05, 3.63) is 35.4 Å². The van der Waals surface area contributed by atoms with Crippen LogP contribution < -0.4 is 0 Å². The Morgan fingerprint density at radius 2 is 2.00 bits per heavy atom. The molecule has 1 atom stereocenters. The number of aryl methyl sites for hydroxylation is 1. The summed E-state index contributed by atoms with van der Waals surface area (Å²) in [5.41, 5.74) is 2.13. The maximum Gasteiger partial charge on any atom is 0.311 e. The van der Waals surface area contributed by atoms with Crippen molar-refractivity contribution in [3.63, 3.8) is 0 Å². The van der Waals surface area contributed by atoms with Crippen molar-refractivity contribution in [1.82, 2.24) is 4.90 Å². The highest BCUT2D eigenvalue weighted by atomic mass is 16.4. The van der Waals surface area contributed by atoms with E-state index in [0.29, 0.717) is 6.54 Å². The molecule has 1 aromatic rings. The second-order valence-corrected chi connectivity index (χ2v) is 6.20. The molecule has 0 amide bonds. The van der Waals surface area contributed by atoms with Gasteiger partial charge in [0.2, 0.25) is 0 Å². The minimum Gasteiger partial charge on any atom is -0.481 e. The molecule has 0 aliphatic carbocycles. The average Bonchev–Trinajstić information content (AvgIpc) is 2.85. The first-order valence-electron chi connectivity index (χ1n) is 7.52. The highest BCUT2D eigenvalue weighted by Gasteiger charge is 2.47. The number of aliphatic carboxylic acids is 1. The Balaban J connectivity index is 2.12. The van der Waals surface area contributed by atoms with Crippen LogP contribution in [0, 0.1) is 11.3 Å². The lowest BCUT2D eigenvalue weighted by molar-refractivity contribution is -0.151. The summed E-state index contributed by atoms with van der Waals surface area (Å²) in [7, 11) is 0. The molecule has 1 aliphatic heterocycles. The van der Waals surface area contributed by atoms with Gasteiger partial charge in [0.25, 0.3) is 0 Å². The molecule has 20 heavy (non-hydrogen) atoms. The molecule has 1 heterocycles. The molecule has 0 saturated carbocycles. The topological polar surface area (TPSA) is 40.5 Å². The Hall–Kier alpha value is -1.35. The summed E-state index contributed by atoms with van der Waals surface area (Å²) >= 11 is 0. The summed E-state index contributed by atoms with van der Waals surface area (Å²) in [5.74, 6) is -0.467. The molecule has 0 aromatic heterocycles. The van der Waals surface area contributed by atoms with Crippen LogP contribution in [-0.2, 0) is 17.8 Å². The number of carbonyl (C=O) groups is 1. The van der Waals surface area contributed by atoms with E-state index in [9.17, 15) is 9.90 Å². The Labute approximate surface area is 121 Å². The SMILES string of the molecule is CCc1ccccc1CN1CCC(C(=O)O)(C(C)C)C1.